The molecule has 0 radical (unpaired) electrons. The van der Waals surface area contributed by atoms with Crippen LogP contribution in [0.1, 0.15) is 50.0 Å². The summed E-state index contributed by atoms with van der Waals surface area (Å²) in [6.45, 7) is 0. The van der Waals surface area contributed by atoms with Crippen molar-refractivity contribution in [3.8, 4) is 50.3 Å². The molecule has 2 nitrogen and oxygen atoms in total. The van der Waals surface area contributed by atoms with Crippen LogP contribution in [0.2, 0.25) is 0 Å². The number of rotatable bonds is 9. The summed E-state index contributed by atoms with van der Waals surface area (Å²) in [5.41, 5.74) is 16.4. The largest absolute Gasteiger partial charge is 0.481 e. The average molecular weight is 942 g/mol. The molecule has 3 aliphatic rings. The van der Waals surface area contributed by atoms with Crippen LogP contribution in [0, 0.1) is 0 Å². The zero-order valence-corrected chi connectivity index (χ0v) is 40.0. The summed E-state index contributed by atoms with van der Waals surface area (Å²) < 4.78 is 45.9. The molecule has 0 N–H and O–H groups in total. The van der Waals surface area contributed by atoms with Gasteiger partial charge in [0.15, 0.2) is 0 Å². The van der Waals surface area contributed by atoms with E-state index in [0.29, 0.717) is 22.8 Å². The Morgan fingerprint density at radius 3 is 1.42 bits per heavy atom. The number of benzene rings is 11. The molecule has 11 aromatic carbocycles. The zero-order valence-electron chi connectivity index (χ0n) is 43.1. The van der Waals surface area contributed by atoms with Gasteiger partial charge in [-0.15, -0.1) is 0 Å². The molecule has 1 heterocycles. The van der Waals surface area contributed by atoms with Crippen molar-refractivity contribution in [2.45, 2.75) is 15.7 Å². The van der Waals surface area contributed by atoms with Crippen molar-refractivity contribution in [2.24, 2.45) is 0 Å². The van der Waals surface area contributed by atoms with E-state index in [-0.39, 0.29) is 29.9 Å². The zero-order chi connectivity index (χ0) is 51.1. The molecule has 0 unspecified atom stereocenters. The minimum atomic E-state index is -0.722. The van der Waals surface area contributed by atoms with Gasteiger partial charge in [-0.25, -0.2) is 0 Å². The summed E-state index contributed by atoms with van der Waals surface area (Å²) in [4.78, 5) is 3.10. The van der Waals surface area contributed by atoms with Gasteiger partial charge >= 0.3 is 0 Å². The monoisotopic (exact) mass is 941 g/mol. The minimum Gasteiger partial charge on any atom is -0.481 e. The lowest BCUT2D eigenvalue weighted by Crippen LogP contribution is -2.28. The first-order valence-electron chi connectivity index (χ1n) is 26.5. The Morgan fingerprint density at radius 2 is 0.833 bits per heavy atom. The molecule has 1 aliphatic heterocycles. The number of ether oxygens (including phenoxy) is 1. The van der Waals surface area contributed by atoms with E-state index in [2.05, 4.69) is 218 Å². The van der Waals surface area contributed by atoms with Crippen LogP contribution in [0.15, 0.2) is 278 Å². The molecular weight excluding hydrogens is 891 g/mol. The normalized spacial score (nSPS) is 14.8. The molecule has 0 saturated heterocycles. The van der Waals surface area contributed by atoms with Gasteiger partial charge in [-0.2, -0.15) is 0 Å². The fourth-order valence-corrected chi connectivity index (χ4v) is 12.8. The highest BCUT2D eigenvalue weighted by molar-refractivity contribution is 7.99. The van der Waals surface area contributed by atoms with E-state index in [1.165, 1.54) is 5.56 Å². The van der Waals surface area contributed by atoms with E-state index in [1.54, 1.807) is 11.8 Å². The first-order valence-corrected chi connectivity index (χ1v) is 25.5. The maximum Gasteiger partial charge on any atom is 0.138 e. The van der Waals surface area contributed by atoms with Crippen LogP contribution in [-0.2, 0) is 10.8 Å². The molecule has 3 heteroatoms. The maximum atomic E-state index is 10.5. The second kappa shape index (κ2) is 17.1. The van der Waals surface area contributed by atoms with Crippen LogP contribution in [0.4, 0.5) is 17.1 Å². The Hall–Kier alpha value is -8.63. The highest BCUT2D eigenvalue weighted by Gasteiger charge is 2.47. The number of thioether (sulfide) groups is 1. The van der Waals surface area contributed by atoms with Gasteiger partial charge < -0.3 is 9.64 Å². The summed E-state index contributed by atoms with van der Waals surface area (Å²) in [7, 11) is 0. The molecule has 0 amide bonds. The Balaban J connectivity index is 1.01. The highest BCUT2D eigenvalue weighted by atomic mass is 32.2. The van der Waals surface area contributed by atoms with Crippen LogP contribution >= 0.6 is 11.8 Å². The summed E-state index contributed by atoms with van der Waals surface area (Å²) in [5, 5.41) is 0. The lowest BCUT2D eigenvalue weighted by molar-refractivity contribution is 0.398. The molecular formula is C69H47NOS. The Labute approximate surface area is 431 Å². The van der Waals surface area contributed by atoms with E-state index >= 15 is 0 Å². The highest BCUT2D eigenvalue weighted by Crippen LogP contribution is 2.59. The molecule has 0 saturated carbocycles. The standard InChI is InChI=1S/C69H47NOS/c1-5-19-51(20-6-1)68(52-21-7-2-8-22-52)62-30-15-13-28-58(62)60-39-34-49(43-64(60)68)48-18-17-27-56(42-48)70(55-36-32-47(33-37-55)50-35-41-67-66(44-50)71-46-72-67)57-38-40-61-59-29-14-16-31-63(59)69(65(61)45-57,53-23-9-3-10-24-53)54-25-11-4-12-26-54/h1-45H,46H2/i17D,18D,27D,42D. The van der Waals surface area contributed by atoms with Gasteiger partial charge in [0.05, 0.1) is 21.2 Å². The predicted molar refractivity (Wildman–Crippen MR) is 298 cm³/mol. The van der Waals surface area contributed by atoms with Crippen molar-refractivity contribution in [2.75, 3.05) is 10.8 Å². The number of nitrogens with zero attached hydrogens (tertiary/aromatic N) is 1. The fraction of sp³-hybridized carbons (Fsp3) is 0.0435. The van der Waals surface area contributed by atoms with Crippen LogP contribution in [-0.4, -0.2) is 5.94 Å². The Kier molecular flexibility index (Phi) is 9.04. The van der Waals surface area contributed by atoms with Crippen molar-refractivity contribution in [1.82, 2.24) is 0 Å². The molecule has 340 valence electrons. The smallest absolute Gasteiger partial charge is 0.138 e. The SMILES string of the molecule is [2H]c1c([2H])c(-c2ccc3c(c2)C(c2ccccc2)(c2ccccc2)c2ccccc2-3)c([2H])c(N(c2ccc(-c3ccc4c(c3)OCS4)cc2)c2ccc3c(c2)C(c2ccccc2)(c2ccccc2)c2ccccc2-3)c1[2H]. The minimum absolute atomic E-state index is 0.00926. The van der Waals surface area contributed by atoms with Gasteiger partial charge in [-0.3, -0.25) is 0 Å². The average Bonchev–Trinajstić information content (AvgIpc) is 4.31. The van der Waals surface area contributed by atoms with Crippen molar-refractivity contribution in [3.05, 3.63) is 317 Å². The summed E-state index contributed by atoms with van der Waals surface area (Å²) in [5.74, 6) is 1.47. The van der Waals surface area contributed by atoms with Crippen molar-refractivity contribution >= 4 is 28.8 Å². The second-order valence-electron chi connectivity index (χ2n) is 18.7. The summed E-state index contributed by atoms with van der Waals surface area (Å²) >= 11 is 1.69. The quantitative estimate of drug-likeness (QED) is 0.143. The molecule has 72 heavy (non-hydrogen) atoms. The molecule has 0 atom stereocenters. The van der Waals surface area contributed by atoms with Gasteiger partial charge in [0.1, 0.15) is 11.7 Å². The van der Waals surface area contributed by atoms with Crippen LogP contribution in [0.5, 0.6) is 5.75 Å². The second-order valence-corrected chi connectivity index (χ2v) is 19.7. The molecule has 14 rings (SSSR count). The third kappa shape index (κ3) is 6.44. The topological polar surface area (TPSA) is 12.5 Å². The number of hydrogen-bond acceptors (Lipinski definition) is 3. The first kappa shape index (κ1) is 38.2. The Bertz CT molecular complexity index is 4000. The van der Waals surface area contributed by atoms with E-state index in [9.17, 15) is 5.48 Å². The Morgan fingerprint density at radius 1 is 0.375 bits per heavy atom. The van der Waals surface area contributed by atoms with Crippen LogP contribution < -0.4 is 9.64 Å². The van der Waals surface area contributed by atoms with Gasteiger partial charge in [-0.05, 0) is 144 Å². The van der Waals surface area contributed by atoms with Crippen molar-refractivity contribution < 1.29 is 10.2 Å². The van der Waals surface area contributed by atoms with Crippen LogP contribution in [0.25, 0.3) is 44.5 Å². The van der Waals surface area contributed by atoms with E-state index in [1.807, 2.05) is 35.2 Å². The first-order chi connectivity index (χ1) is 37.4. The van der Waals surface area contributed by atoms with Crippen molar-refractivity contribution in [3.63, 3.8) is 0 Å². The molecule has 11 aromatic rings. The molecule has 0 spiro atoms. The molecule has 0 bridgehead atoms. The maximum absolute atomic E-state index is 10.5. The van der Waals surface area contributed by atoms with Gasteiger partial charge in [0, 0.05) is 17.1 Å². The fourth-order valence-electron chi connectivity index (χ4n) is 12.0. The summed E-state index contributed by atoms with van der Waals surface area (Å²) in [6.07, 6.45) is 0. The van der Waals surface area contributed by atoms with Crippen molar-refractivity contribution in [1.29, 1.82) is 0 Å². The third-order valence-electron chi connectivity index (χ3n) is 15.1. The number of hydrogen-bond donors (Lipinski definition) is 0. The van der Waals surface area contributed by atoms with Gasteiger partial charge in [-0.1, -0.05) is 230 Å². The summed E-state index contributed by atoms with van der Waals surface area (Å²) in [6, 6.07) is 86.5. The molecule has 0 fully saturated rings. The lowest BCUT2D eigenvalue weighted by atomic mass is 9.67. The van der Waals surface area contributed by atoms with Crippen LogP contribution in [0.3, 0.4) is 0 Å². The lowest BCUT2D eigenvalue weighted by Gasteiger charge is -2.35. The van der Waals surface area contributed by atoms with Gasteiger partial charge in [0.2, 0.25) is 0 Å². The predicted octanol–water partition coefficient (Wildman–Crippen LogP) is 17.7. The van der Waals surface area contributed by atoms with Gasteiger partial charge in [0.25, 0.3) is 0 Å². The molecule has 2 aliphatic carbocycles. The van der Waals surface area contributed by atoms with E-state index < -0.39 is 10.8 Å². The third-order valence-corrected chi connectivity index (χ3v) is 16.0. The number of anilines is 3. The van der Waals surface area contributed by atoms with E-state index in [4.69, 9.17) is 4.74 Å². The number of fused-ring (bicyclic) bond motifs is 7. The molecule has 0 aromatic heterocycles. The van der Waals surface area contributed by atoms with E-state index in [0.717, 1.165) is 88.7 Å².